The Morgan fingerprint density at radius 3 is 2.47 bits per heavy atom. The van der Waals surface area contributed by atoms with Crippen molar-refractivity contribution < 1.29 is 4.79 Å². The zero-order valence-electron chi connectivity index (χ0n) is 17.9. The molecule has 0 spiro atoms. The summed E-state index contributed by atoms with van der Waals surface area (Å²) in [5.74, 6) is 1.97. The minimum absolute atomic E-state index is 0.0794. The van der Waals surface area contributed by atoms with Gasteiger partial charge in [0, 0.05) is 37.9 Å². The van der Waals surface area contributed by atoms with Gasteiger partial charge in [0.25, 0.3) is 0 Å². The van der Waals surface area contributed by atoms with Crippen LogP contribution < -0.4 is 10.2 Å². The van der Waals surface area contributed by atoms with Crippen molar-refractivity contribution in [3.8, 4) is 0 Å². The van der Waals surface area contributed by atoms with Crippen LogP contribution in [0.5, 0.6) is 0 Å². The van der Waals surface area contributed by atoms with Gasteiger partial charge in [-0.15, -0.1) is 0 Å². The third kappa shape index (κ3) is 5.17. The first-order chi connectivity index (χ1) is 14.7. The van der Waals surface area contributed by atoms with Crippen LogP contribution in [0.2, 0.25) is 0 Å². The summed E-state index contributed by atoms with van der Waals surface area (Å²) in [4.78, 5) is 26.2. The summed E-state index contributed by atoms with van der Waals surface area (Å²) in [6, 6.07) is 10.9. The summed E-state index contributed by atoms with van der Waals surface area (Å²) >= 11 is 0. The molecule has 2 fully saturated rings. The molecule has 1 atom stereocenters. The molecule has 0 aliphatic carbocycles. The second-order valence-corrected chi connectivity index (χ2v) is 8.72. The van der Waals surface area contributed by atoms with E-state index in [4.69, 9.17) is 0 Å². The zero-order valence-corrected chi connectivity index (χ0v) is 17.9. The second-order valence-electron chi connectivity index (χ2n) is 8.72. The van der Waals surface area contributed by atoms with E-state index >= 15 is 0 Å². The van der Waals surface area contributed by atoms with Crippen molar-refractivity contribution in [1.82, 2.24) is 20.2 Å². The van der Waals surface area contributed by atoms with Crippen molar-refractivity contribution in [2.75, 3.05) is 37.6 Å². The van der Waals surface area contributed by atoms with Gasteiger partial charge < -0.3 is 10.2 Å². The molecule has 4 rings (SSSR count). The molecular formula is C24H33N5O. The Labute approximate surface area is 179 Å². The molecule has 1 aromatic heterocycles. The van der Waals surface area contributed by atoms with Crippen molar-refractivity contribution >= 4 is 11.7 Å². The van der Waals surface area contributed by atoms with E-state index in [-0.39, 0.29) is 17.9 Å². The lowest BCUT2D eigenvalue weighted by atomic mass is 9.94. The van der Waals surface area contributed by atoms with E-state index in [9.17, 15) is 4.79 Å². The van der Waals surface area contributed by atoms with E-state index in [2.05, 4.69) is 62.3 Å². The molecule has 2 aliphatic heterocycles. The van der Waals surface area contributed by atoms with Gasteiger partial charge in [0.15, 0.2) is 0 Å². The quantitative estimate of drug-likeness (QED) is 0.796. The van der Waals surface area contributed by atoms with Crippen LogP contribution in [0.4, 0.5) is 5.82 Å². The lowest BCUT2D eigenvalue weighted by Gasteiger charge is -2.37. The number of hydrogen-bond acceptors (Lipinski definition) is 5. The Morgan fingerprint density at radius 1 is 1.07 bits per heavy atom. The minimum atomic E-state index is 0.0794. The molecule has 1 unspecified atom stereocenters. The number of piperidine rings is 2. The first kappa shape index (κ1) is 20.8. The van der Waals surface area contributed by atoms with Gasteiger partial charge in [-0.05, 0) is 50.3 Å². The summed E-state index contributed by atoms with van der Waals surface area (Å²) < 4.78 is 0. The van der Waals surface area contributed by atoms with Crippen LogP contribution in [0.3, 0.4) is 0 Å². The molecule has 2 aliphatic rings. The largest absolute Gasteiger partial charge is 0.355 e. The molecular weight excluding hydrogens is 374 g/mol. The van der Waals surface area contributed by atoms with Gasteiger partial charge in [-0.1, -0.05) is 37.3 Å². The van der Waals surface area contributed by atoms with Gasteiger partial charge in [0.2, 0.25) is 5.91 Å². The molecule has 30 heavy (non-hydrogen) atoms. The lowest BCUT2D eigenvalue weighted by molar-refractivity contribution is -0.125. The number of amides is 1. The molecule has 160 valence electrons. The summed E-state index contributed by atoms with van der Waals surface area (Å²) in [6.07, 6.45) is 9.40. The summed E-state index contributed by atoms with van der Waals surface area (Å²) in [6.45, 7) is 6.93. The highest BCUT2D eigenvalue weighted by molar-refractivity contribution is 5.79. The van der Waals surface area contributed by atoms with Gasteiger partial charge in [0.05, 0.1) is 12.2 Å². The van der Waals surface area contributed by atoms with E-state index < -0.39 is 0 Å². The number of likely N-dealkylation sites (tertiary alicyclic amines) is 1. The van der Waals surface area contributed by atoms with E-state index in [1.54, 1.807) is 18.6 Å². The van der Waals surface area contributed by atoms with Crippen molar-refractivity contribution in [2.24, 2.45) is 11.8 Å². The highest BCUT2D eigenvalue weighted by atomic mass is 16.1. The summed E-state index contributed by atoms with van der Waals surface area (Å²) in [5.41, 5.74) is 1.30. The number of hydrogen-bond donors (Lipinski definition) is 1. The highest BCUT2D eigenvalue weighted by Crippen LogP contribution is 2.27. The van der Waals surface area contributed by atoms with E-state index in [0.29, 0.717) is 6.54 Å². The van der Waals surface area contributed by atoms with Crippen LogP contribution in [0.25, 0.3) is 0 Å². The van der Waals surface area contributed by atoms with Crippen LogP contribution in [0, 0.1) is 11.8 Å². The Morgan fingerprint density at radius 2 is 1.80 bits per heavy atom. The molecule has 2 saturated heterocycles. The Kier molecular flexibility index (Phi) is 6.95. The van der Waals surface area contributed by atoms with Crippen LogP contribution >= 0.6 is 0 Å². The average Bonchev–Trinajstić information content (AvgIpc) is 2.81. The van der Waals surface area contributed by atoms with Crippen LogP contribution in [-0.4, -0.2) is 53.5 Å². The van der Waals surface area contributed by atoms with Gasteiger partial charge in [0.1, 0.15) is 5.82 Å². The maximum atomic E-state index is 12.9. The standard InChI is InChI=1S/C24H33N5O/c1-19-7-13-28(14-8-19)22(20-5-3-2-4-6-20)17-27-24(30)21-9-15-29(16-10-21)23-18-25-11-12-26-23/h2-6,11-12,18-19,21-22H,7-10,13-17H2,1H3,(H,27,30). The van der Waals surface area contributed by atoms with Crippen molar-refractivity contribution in [1.29, 1.82) is 0 Å². The van der Waals surface area contributed by atoms with Crippen LogP contribution in [0.1, 0.15) is 44.2 Å². The predicted octanol–water partition coefficient (Wildman–Crippen LogP) is 3.28. The fourth-order valence-electron chi connectivity index (χ4n) is 4.64. The molecule has 6 heteroatoms. The molecule has 1 N–H and O–H groups in total. The molecule has 0 saturated carbocycles. The Hall–Kier alpha value is -2.47. The molecule has 1 amide bonds. The zero-order chi connectivity index (χ0) is 20.8. The Bertz CT molecular complexity index is 784. The van der Waals surface area contributed by atoms with E-state index in [1.807, 2.05) is 0 Å². The molecule has 2 aromatic rings. The lowest BCUT2D eigenvalue weighted by Crippen LogP contribution is -2.45. The first-order valence-corrected chi connectivity index (χ1v) is 11.3. The SMILES string of the molecule is CC1CCN(C(CNC(=O)C2CCN(c3cnccn3)CC2)c2ccccc2)CC1. The normalized spacial score (nSPS) is 20.1. The molecule has 1 aromatic carbocycles. The number of aromatic nitrogens is 2. The first-order valence-electron chi connectivity index (χ1n) is 11.3. The summed E-state index contributed by atoms with van der Waals surface area (Å²) in [5, 5.41) is 3.29. The third-order valence-electron chi connectivity index (χ3n) is 6.65. The minimum Gasteiger partial charge on any atom is -0.355 e. The van der Waals surface area contributed by atoms with Crippen LogP contribution in [-0.2, 0) is 4.79 Å². The number of anilines is 1. The van der Waals surface area contributed by atoms with E-state index in [0.717, 1.165) is 50.8 Å². The van der Waals surface area contributed by atoms with Gasteiger partial charge >= 0.3 is 0 Å². The van der Waals surface area contributed by atoms with Crippen molar-refractivity contribution in [3.63, 3.8) is 0 Å². The fraction of sp³-hybridized carbons (Fsp3) is 0.542. The monoisotopic (exact) mass is 407 g/mol. The van der Waals surface area contributed by atoms with E-state index in [1.165, 1.54) is 18.4 Å². The number of carbonyl (C=O) groups is 1. The predicted molar refractivity (Wildman–Crippen MR) is 119 cm³/mol. The average molecular weight is 408 g/mol. The third-order valence-corrected chi connectivity index (χ3v) is 6.65. The van der Waals surface area contributed by atoms with Gasteiger partial charge in [-0.2, -0.15) is 0 Å². The Balaban J connectivity index is 1.33. The molecule has 6 nitrogen and oxygen atoms in total. The number of rotatable bonds is 6. The molecule has 0 bridgehead atoms. The fourth-order valence-corrected chi connectivity index (χ4v) is 4.64. The molecule has 0 radical (unpaired) electrons. The summed E-state index contributed by atoms with van der Waals surface area (Å²) in [7, 11) is 0. The topological polar surface area (TPSA) is 61.4 Å². The maximum absolute atomic E-state index is 12.9. The maximum Gasteiger partial charge on any atom is 0.223 e. The van der Waals surface area contributed by atoms with Crippen molar-refractivity contribution in [3.05, 3.63) is 54.5 Å². The number of carbonyl (C=O) groups excluding carboxylic acids is 1. The smallest absolute Gasteiger partial charge is 0.223 e. The second kappa shape index (κ2) is 10.0. The number of benzene rings is 1. The van der Waals surface area contributed by atoms with Crippen molar-refractivity contribution in [2.45, 2.75) is 38.6 Å². The number of nitrogens with zero attached hydrogens (tertiary/aromatic N) is 4. The molecule has 3 heterocycles. The van der Waals surface area contributed by atoms with Crippen LogP contribution in [0.15, 0.2) is 48.9 Å². The highest BCUT2D eigenvalue weighted by Gasteiger charge is 2.28. The van der Waals surface area contributed by atoms with Gasteiger partial charge in [-0.25, -0.2) is 4.98 Å². The van der Waals surface area contributed by atoms with Gasteiger partial charge in [-0.3, -0.25) is 14.7 Å². The number of nitrogens with one attached hydrogen (secondary N) is 1.